The van der Waals surface area contributed by atoms with Crippen LogP contribution in [0.15, 0.2) is 12.7 Å². The first kappa shape index (κ1) is 41.8. The van der Waals surface area contributed by atoms with Crippen molar-refractivity contribution in [3.8, 4) is 0 Å². The Morgan fingerprint density at radius 1 is 0.981 bits per heavy atom. The lowest BCUT2D eigenvalue weighted by Crippen LogP contribution is -2.64. The van der Waals surface area contributed by atoms with Gasteiger partial charge in [0.15, 0.2) is 24.0 Å². The molecule has 0 bridgehead atoms. The highest BCUT2D eigenvalue weighted by molar-refractivity contribution is 7.46. The number of aliphatic hydroxyl groups is 4. The molecule has 0 aromatic carbocycles. The summed E-state index contributed by atoms with van der Waals surface area (Å²) in [5, 5.41) is 45.8. The zero-order chi connectivity index (χ0) is 37.8. The number of amides is 2. The Balaban J connectivity index is 1.09. The number of nitrogens with two attached hydrogens (primary N) is 1. The molecule has 2 aliphatic rings. The standard InChI is InChI=1S/C28H46N7O16P/c1-15(37)34-19-23(41)21(39)16(10-36)51-28(19)47-6-3-2-4-18(38)30-5-7-45-8-9-46-14-48-24-22(40)17(11-49-52(42,43)44)50-27(24)35-13-33-20-25(29)31-12-32-26(20)35/h12-13,16-17,19,21-24,27-28,36,39-41H,2-11,14H2,1H3,(H,30,38)(H,34,37)(H2,29,31,32)(H2,42,43,44)/t16?,17-,19-,21+,22-,23-,24-,27-,28-/m1/s1. The number of phosphoric acid groups is 1. The molecule has 4 heterocycles. The zero-order valence-corrected chi connectivity index (χ0v) is 29.1. The Morgan fingerprint density at radius 3 is 2.48 bits per heavy atom. The number of rotatable bonds is 21. The molecule has 0 saturated carbocycles. The smallest absolute Gasteiger partial charge is 0.394 e. The van der Waals surface area contributed by atoms with Crippen LogP contribution in [0.1, 0.15) is 32.4 Å². The van der Waals surface area contributed by atoms with Gasteiger partial charge in [-0.2, -0.15) is 0 Å². The van der Waals surface area contributed by atoms with E-state index >= 15 is 0 Å². The van der Waals surface area contributed by atoms with E-state index in [1.165, 1.54) is 24.1 Å². The van der Waals surface area contributed by atoms with Crippen LogP contribution in [-0.2, 0) is 47.1 Å². The molecule has 2 amide bonds. The molecule has 1 unspecified atom stereocenters. The quantitative estimate of drug-likeness (QED) is 0.0336. The summed E-state index contributed by atoms with van der Waals surface area (Å²) in [6, 6.07) is -1.04. The molecule has 2 aromatic heterocycles. The number of unbranched alkanes of at least 4 members (excludes halogenated alkanes) is 1. The second-order valence-electron chi connectivity index (χ2n) is 11.8. The van der Waals surface area contributed by atoms with Gasteiger partial charge in [-0.25, -0.2) is 19.5 Å². The Bertz CT molecular complexity index is 1480. The first-order valence-electron chi connectivity index (χ1n) is 16.3. The Hall–Kier alpha value is -3.00. The Labute approximate surface area is 296 Å². The minimum atomic E-state index is -4.85. The SMILES string of the molecule is CC(=O)N[C@H]1[C@H](OCCCCC(=O)NCCOCCOCO[C@@H]2[C@H](O)[C@@H](COP(=O)(O)O)O[C@H]2n2cnc3c(N)ncnc32)OC(CO)[C@H](O)[C@@H]1O. The predicted molar refractivity (Wildman–Crippen MR) is 172 cm³/mol. The highest BCUT2D eigenvalue weighted by atomic mass is 31.2. The van der Waals surface area contributed by atoms with E-state index in [1.54, 1.807) is 0 Å². The molecule has 2 aromatic rings. The largest absolute Gasteiger partial charge is 0.469 e. The van der Waals surface area contributed by atoms with Gasteiger partial charge in [0.1, 0.15) is 61.3 Å². The first-order chi connectivity index (χ1) is 24.8. The number of carbonyl (C=O) groups excluding carboxylic acids is 2. The van der Waals surface area contributed by atoms with Crippen LogP contribution in [0.4, 0.5) is 5.82 Å². The van der Waals surface area contributed by atoms with Gasteiger partial charge < -0.3 is 75.0 Å². The van der Waals surface area contributed by atoms with E-state index in [4.69, 9.17) is 43.9 Å². The van der Waals surface area contributed by atoms with Gasteiger partial charge in [-0.1, -0.05) is 0 Å². The molecule has 294 valence electrons. The first-order valence-corrected chi connectivity index (χ1v) is 17.8. The van der Waals surface area contributed by atoms with Crippen molar-refractivity contribution in [2.24, 2.45) is 0 Å². The molecule has 2 fully saturated rings. The number of ether oxygens (including phenoxy) is 6. The summed E-state index contributed by atoms with van der Waals surface area (Å²) in [7, 11) is -4.85. The number of hydrogen-bond donors (Lipinski definition) is 9. The lowest BCUT2D eigenvalue weighted by Gasteiger charge is -2.42. The predicted octanol–water partition coefficient (Wildman–Crippen LogP) is -3.60. The van der Waals surface area contributed by atoms with E-state index in [2.05, 4.69) is 30.1 Å². The molecule has 0 aliphatic carbocycles. The van der Waals surface area contributed by atoms with Crippen LogP contribution in [0, 0.1) is 0 Å². The van der Waals surface area contributed by atoms with Gasteiger partial charge in [0.25, 0.3) is 0 Å². The fourth-order valence-electron chi connectivity index (χ4n) is 5.44. The molecular weight excluding hydrogens is 721 g/mol. The molecule has 23 nitrogen and oxygen atoms in total. The summed E-state index contributed by atoms with van der Waals surface area (Å²) in [6.45, 7) is 0.546. The highest BCUT2D eigenvalue weighted by Gasteiger charge is 2.47. The third kappa shape index (κ3) is 11.8. The summed E-state index contributed by atoms with van der Waals surface area (Å²) >= 11 is 0. The van der Waals surface area contributed by atoms with Crippen LogP contribution in [0.3, 0.4) is 0 Å². The number of phosphoric ester groups is 1. The number of imidazole rings is 1. The number of nitrogen functional groups attached to an aromatic ring is 1. The number of nitrogens with one attached hydrogen (secondary N) is 2. The number of nitrogens with zero attached hydrogens (tertiary/aromatic N) is 4. The fraction of sp³-hybridized carbons (Fsp3) is 0.750. The molecule has 2 aliphatic heterocycles. The molecule has 4 rings (SSSR count). The number of hydrogen-bond acceptors (Lipinski definition) is 18. The number of aromatic nitrogens is 4. The van der Waals surface area contributed by atoms with Crippen LogP contribution in [0.25, 0.3) is 11.2 Å². The van der Waals surface area contributed by atoms with Crippen LogP contribution < -0.4 is 16.4 Å². The van der Waals surface area contributed by atoms with E-state index < -0.39 is 82.1 Å². The van der Waals surface area contributed by atoms with Gasteiger partial charge in [-0.3, -0.25) is 18.7 Å². The van der Waals surface area contributed by atoms with E-state index in [-0.39, 0.29) is 69.1 Å². The Morgan fingerprint density at radius 2 is 1.75 bits per heavy atom. The lowest BCUT2D eigenvalue weighted by molar-refractivity contribution is -0.270. The zero-order valence-electron chi connectivity index (χ0n) is 28.2. The average Bonchev–Trinajstić information content (AvgIpc) is 3.66. The molecule has 0 spiro atoms. The van der Waals surface area contributed by atoms with Crippen LogP contribution in [0.2, 0.25) is 0 Å². The number of fused-ring (bicyclic) bond motifs is 1. The molecule has 52 heavy (non-hydrogen) atoms. The molecule has 10 N–H and O–H groups in total. The van der Waals surface area contributed by atoms with Gasteiger partial charge in [0.2, 0.25) is 11.8 Å². The summed E-state index contributed by atoms with van der Waals surface area (Å²) in [4.78, 5) is 54.1. The maximum atomic E-state index is 12.2. The lowest BCUT2D eigenvalue weighted by atomic mass is 9.97. The Kier molecular flexibility index (Phi) is 16.0. The topological polar surface area (TPSA) is 331 Å². The van der Waals surface area contributed by atoms with Crippen molar-refractivity contribution in [1.82, 2.24) is 30.2 Å². The van der Waals surface area contributed by atoms with E-state index in [0.717, 1.165) is 0 Å². The van der Waals surface area contributed by atoms with Crippen molar-refractivity contribution >= 4 is 36.6 Å². The van der Waals surface area contributed by atoms with Gasteiger partial charge >= 0.3 is 7.82 Å². The van der Waals surface area contributed by atoms with E-state index in [0.29, 0.717) is 12.8 Å². The van der Waals surface area contributed by atoms with Gasteiger partial charge in [0, 0.05) is 26.5 Å². The van der Waals surface area contributed by atoms with Gasteiger partial charge in [-0.15, -0.1) is 0 Å². The number of anilines is 1. The minimum Gasteiger partial charge on any atom is -0.394 e. The maximum Gasteiger partial charge on any atom is 0.469 e. The van der Waals surface area contributed by atoms with Crippen molar-refractivity contribution in [3.63, 3.8) is 0 Å². The minimum absolute atomic E-state index is 0.0906. The van der Waals surface area contributed by atoms with E-state index in [1.807, 2.05) is 0 Å². The van der Waals surface area contributed by atoms with Crippen molar-refractivity contribution in [1.29, 1.82) is 0 Å². The third-order valence-electron chi connectivity index (χ3n) is 8.00. The van der Waals surface area contributed by atoms with E-state index in [9.17, 15) is 34.6 Å². The van der Waals surface area contributed by atoms with Crippen LogP contribution in [-0.4, -0.2) is 163 Å². The maximum absolute atomic E-state index is 12.2. The third-order valence-corrected chi connectivity index (χ3v) is 8.48. The summed E-state index contributed by atoms with van der Waals surface area (Å²) in [5.74, 6) is -0.564. The number of carbonyl (C=O) groups is 2. The van der Waals surface area contributed by atoms with Gasteiger partial charge in [-0.05, 0) is 12.8 Å². The van der Waals surface area contributed by atoms with Crippen LogP contribution in [0.5, 0.6) is 0 Å². The average molecular weight is 768 g/mol. The van der Waals surface area contributed by atoms with Gasteiger partial charge in [0.05, 0.1) is 39.4 Å². The van der Waals surface area contributed by atoms with Crippen molar-refractivity contribution in [2.75, 3.05) is 58.7 Å². The van der Waals surface area contributed by atoms with Crippen molar-refractivity contribution in [2.45, 2.75) is 81.4 Å². The van der Waals surface area contributed by atoms with Crippen molar-refractivity contribution < 1.29 is 77.3 Å². The normalized spacial score (nSPS) is 27.9. The van der Waals surface area contributed by atoms with Crippen LogP contribution >= 0.6 is 7.82 Å². The summed E-state index contributed by atoms with van der Waals surface area (Å²) in [5.41, 5.74) is 6.41. The second-order valence-corrected chi connectivity index (χ2v) is 13.0. The second kappa shape index (κ2) is 19.9. The molecule has 24 heteroatoms. The molecule has 9 atom stereocenters. The molecule has 2 saturated heterocycles. The monoisotopic (exact) mass is 767 g/mol. The number of aliphatic hydroxyl groups excluding tert-OH is 4. The fourth-order valence-corrected chi connectivity index (χ4v) is 5.78. The highest BCUT2D eigenvalue weighted by Crippen LogP contribution is 2.39. The van der Waals surface area contributed by atoms with Crippen molar-refractivity contribution in [3.05, 3.63) is 12.7 Å². The molecular formula is C28H46N7O16P. The summed E-state index contributed by atoms with van der Waals surface area (Å²) < 4.78 is 50.8. The molecule has 0 radical (unpaired) electrons. The summed E-state index contributed by atoms with van der Waals surface area (Å²) in [6.07, 6.45) is -6.03.